The van der Waals surface area contributed by atoms with E-state index in [9.17, 15) is 8.42 Å². The van der Waals surface area contributed by atoms with Gasteiger partial charge in [-0.1, -0.05) is 6.92 Å². The van der Waals surface area contributed by atoms with Gasteiger partial charge in [0.1, 0.15) is 0 Å². The summed E-state index contributed by atoms with van der Waals surface area (Å²) in [5, 5.41) is 3.52. The molecule has 1 unspecified atom stereocenters. The van der Waals surface area contributed by atoms with Crippen molar-refractivity contribution in [1.82, 2.24) is 5.32 Å². The highest BCUT2D eigenvalue weighted by atomic mass is 32.2. The quantitative estimate of drug-likeness (QED) is 0.777. The molecule has 4 heteroatoms. The molecule has 1 aliphatic carbocycles. The molecule has 0 spiro atoms. The van der Waals surface area contributed by atoms with E-state index in [-0.39, 0.29) is 5.41 Å². The lowest BCUT2D eigenvalue weighted by atomic mass is 9.95. The zero-order chi connectivity index (χ0) is 14.0. The zero-order valence-electron chi connectivity index (χ0n) is 12.5. The molecule has 1 rings (SSSR count). The number of nitrogens with one attached hydrogen (secondary N) is 1. The Balaban J connectivity index is 2.53. The van der Waals surface area contributed by atoms with Crippen molar-refractivity contribution in [3.05, 3.63) is 0 Å². The van der Waals surface area contributed by atoms with Gasteiger partial charge in [-0.3, -0.25) is 0 Å². The Kier molecular flexibility index (Phi) is 4.87. The molecule has 0 aliphatic heterocycles. The van der Waals surface area contributed by atoms with Crippen LogP contribution in [-0.4, -0.2) is 31.5 Å². The molecule has 0 aromatic rings. The third kappa shape index (κ3) is 3.70. The normalized spacial score (nSPS) is 20.7. The summed E-state index contributed by atoms with van der Waals surface area (Å²) in [7, 11) is -2.97. The summed E-state index contributed by atoms with van der Waals surface area (Å²) in [6.45, 7) is 10.8. The average molecular weight is 275 g/mol. The minimum absolute atomic E-state index is 0.244. The van der Waals surface area contributed by atoms with Crippen molar-refractivity contribution in [2.75, 3.05) is 12.3 Å². The van der Waals surface area contributed by atoms with Gasteiger partial charge >= 0.3 is 0 Å². The van der Waals surface area contributed by atoms with Gasteiger partial charge in [0, 0.05) is 6.04 Å². The van der Waals surface area contributed by atoms with Crippen LogP contribution in [0, 0.1) is 5.41 Å². The van der Waals surface area contributed by atoms with E-state index >= 15 is 0 Å². The largest absolute Gasteiger partial charge is 0.314 e. The molecule has 0 radical (unpaired) electrons. The van der Waals surface area contributed by atoms with Gasteiger partial charge in [0.05, 0.1) is 10.5 Å². The van der Waals surface area contributed by atoms with Gasteiger partial charge in [0.15, 0.2) is 9.84 Å². The molecule has 3 nitrogen and oxygen atoms in total. The Hall–Kier alpha value is -0.0900. The first-order valence-corrected chi connectivity index (χ1v) is 8.75. The Morgan fingerprint density at radius 2 is 1.83 bits per heavy atom. The minimum Gasteiger partial charge on any atom is -0.314 e. The van der Waals surface area contributed by atoms with E-state index in [1.54, 1.807) is 20.8 Å². The lowest BCUT2D eigenvalue weighted by Gasteiger charge is -2.26. The second-order valence-electron chi connectivity index (χ2n) is 6.72. The fourth-order valence-electron chi connectivity index (χ4n) is 2.28. The third-order valence-electron chi connectivity index (χ3n) is 4.31. The molecule has 0 saturated heterocycles. The molecule has 1 aliphatic rings. The Bertz CT molecular complexity index is 364. The van der Waals surface area contributed by atoms with Crippen LogP contribution in [0.15, 0.2) is 0 Å². The monoisotopic (exact) mass is 275 g/mol. The second kappa shape index (κ2) is 5.49. The molecule has 18 heavy (non-hydrogen) atoms. The van der Waals surface area contributed by atoms with Crippen molar-refractivity contribution in [3.8, 4) is 0 Å². The minimum atomic E-state index is -2.97. The first-order valence-electron chi connectivity index (χ1n) is 7.10. The van der Waals surface area contributed by atoms with Crippen LogP contribution in [0.1, 0.15) is 60.3 Å². The van der Waals surface area contributed by atoms with Crippen molar-refractivity contribution in [2.45, 2.75) is 71.1 Å². The molecule has 1 saturated carbocycles. The molecule has 1 fully saturated rings. The molecule has 0 aromatic carbocycles. The Morgan fingerprint density at radius 1 is 1.28 bits per heavy atom. The van der Waals surface area contributed by atoms with Crippen LogP contribution in [0.25, 0.3) is 0 Å². The molecule has 1 atom stereocenters. The molecule has 0 bridgehead atoms. The maximum Gasteiger partial charge on any atom is 0.155 e. The summed E-state index contributed by atoms with van der Waals surface area (Å²) in [5.74, 6) is 0.328. The van der Waals surface area contributed by atoms with Crippen LogP contribution < -0.4 is 5.32 Å². The molecule has 1 N–H and O–H groups in total. The summed E-state index contributed by atoms with van der Waals surface area (Å²) in [5.41, 5.74) is 0.244. The number of hydrogen-bond donors (Lipinski definition) is 1. The average Bonchev–Trinajstić information content (AvgIpc) is 3.03. The lowest BCUT2D eigenvalue weighted by molar-refractivity contribution is 0.342. The smallest absolute Gasteiger partial charge is 0.155 e. The van der Waals surface area contributed by atoms with Gasteiger partial charge in [-0.2, -0.15) is 0 Å². The van der Waals surface area contributed by atoms with Gasteiger partial charge in [-0.05, 0) is 65.3 Å². The maximum absolute atomic E-state index is 12.1. The zero-order valence-corrected chi connectivity index (χ0v) is 13.4. The van der Waals surface area contributed by atoms with Gasteiger partial charge in [0.25, 0.3) is 0 Å². The van der Waals surface area contributed by atoms with E-state index in [4.69, 9.17) is 0 Å². The van der Waals surface area contributed by atoms with Crippen LogP contribution in [0.3, 0.4) is 0 Å². The fraction of sp³-hybridized carbons (Fsp3) is 1.00. The topological polar surface area (TPSA) is 46.2 Å². The number of hydrogen-bond acceptors (Lipinski definition) is 3. The van der Waals surface area contributed by atoms with E-state index in [0.717, 1.165) is 19.4 Å². The highest BCUT2D eigenvalue weighted by Crippen LogP contribution is 2.52. The van der Waals surface area contributed by atoms with E-state index in [1.165, 1.54) is 12.8 Å². The SMILES string of the molecule is CCCNC(C)C1(CCS(=O)(=O)C(C)(C)C)CC1. The molecular formula is C14H29NO2S. The van der Waals surface area contributed by atoms with Crippen LogP contribution in [0.5, 0.6) is 0 Å². The highest BCUT2D eigenvalue weighted by molar-refractivity contribution is 7.92. The van der Waals surface area contributed by atoms with Crippen molar-refractivity contribution in [1.29, 1.82) is 0 Å². The van der Waals surface area contributed by atoms with Gasteiger partial charge < -0.3 is 5.32 Å². The van der Waals surface area contributed by atoms with Crippen LogP contribution in [0.2, 0.25) is 0 Å². The molecule has 0 heterocycles. The first kappa shape index (κ1) is 16.0. The van der Waals surface area contributed by atoms with Crippen molar-refractivity contribution in [2.24, 2.45) is 5.41 Å². The van der Waals surface area contributed by atoms with Crippen molar-refractivity contribution in [3.63, 3.8) is 0 Å². The van der Waals surface area contributed by atoms with Crippen molar-refractivity contribution < 1.29 is 8.42 Å². The summed E-state index contributed by atoms with van der Waals surface area (Å²) in [6.07, 6.45) is 4.28. The van der Waals surface area contributed by atoms with Gasteiger partial charge in [-0.15, -0.1) is 0 Å². The van der Waals surface area contributed by atoms with E-state index in [0.29, 0.717) is 11.8 Å². The van der Waals surface area contributed by atoms with Crippen LogP contribution in [0.4, 0.5) is 0 Å². The lowest BCUT2D eigenvalue weighted by Crippen LogP contribution is -2.38. The fourth-order valence-corrected chi connectivity index (χ4v) is 3.57. The molecule has 0 amide bonds. The summed E-state index contributed by atoms with van der Waals surface area (Å²) >= 11 is 0. The Labute approximate surface area is 113 Å². The van der Waals surface area contributed by atoms with Crippen LogP contribution >= 0.6 is 0 Å². The maximum atomic E-state index is 12.1. The molecule has 108 valence electrons. The van der Waals surface area contributed by atoms with Gasteiger partial charge in [0.2, 0.25) is 0 Å². The van der Waals surface area contributed by atoms with Crippen LogP contribution in [-0.2, 0) is 9.84 Å². The first-order chi connectivity index (χ1) is 8.15. The third-order valence-corrected chi connectivity index (χ3v) is 6.92. The molecular weight excluding hydrogens is 246 g/mol. The van der Waals surface area contributed by atoms with E-state index in [2.05, 4.69) is 19.2 Å². The van der Waals surface area contributed by atoms with Gasteiger partial charge in [-0.25, -0.2) is 8.42 Å². The predicted octanol–water partition coefficient (Wildman–Crippen LogP) is 2.76. The molecule has 0 aromatic heterocycles. The summed E-state index contributed by atoms with van der Waals surface area (Å²) in [4.78, 5) is 0. The number of rotatable bonds is 7. The Morgan fingerprint density at radius 3 is 2.22 bits per heavy atom. The van der Waals surface area contributed by atoms with E-state index < -0.39 is 14.6 Å². The summed E-state index contributed by atoms with van der Waals surface area (Å²) < 4.78 is 23.7. The van der Waals surface area contributed by atoms with E-state index in [1.807, 2.05) is 0 Å². The number of sulfone groups is 1. The highest BCUT2D eigenvalue weighted by Gasteiger charge is 2.47. The van der Waals surface area contributed by atoms with Crippen molar-refractivity contribution >= 4 is 9.84 Å². The standard InChI is InChI=1S/C14H29NO2S/c1-6-10-15-12(2)14(7-8-14)9-11-18(16,17)13(3,4)5/h12,15H,6-11H2,1-5H3. The predicted molar refractivity (Wildman–Crippen MR) is 77.6 cm³/mol. The summed E-state index contributed by atoms with van der Waals surface area (Å²) in [6, 6.07) is 0.438. The second-order valence-corrected chi connectivity index (χ2v) is 9.58.